The van der Waals surface area contributed by atoms with E-state index in [1.807, 2.05) is 30.0 Å². The number of hydrogen-bond donors (Lipinski definition) is 0. The number of hydrogen-bond acceptors (Lipinski definition) is 4. The molecule has 1 aliphatic heterocycles. The Hall–Kier alpha value is -2.76. The summed E-state index contributed by atoms with van der Waals surface area (Å²) in [5.74, 6) is 0.934. The zero-order valence-electron chi connectivity index (χ0n) is 15.7. The van der Waals surface area contributed by atoms with Gasteiger partial charge in [-0.2, -0.15) is 0 Å². The Morgan fingerprint density at radius 3 is 2.26 bits per heavy atom. The Labute approximate surface area is 159 Å². The van der Waals surface area contributed by atoms with Crippen molar-refractivity contribution in [1.29, 1.82) is 0 Å². The maximum atomic E-state index is 13.1. The van der Waals surface area contributed by atoms with Gasteiger partial charge in [-0.1, -0.05) is 19.1 Å². The minimum Gasteiger partial charge on any atom is -0.493 e. The number of carbonyl (C=O) groups is 1. The first kappa shape index (κ1) is 19.0. The molecule has 1 unspecified atom stereocenters. The van der Waals surface area contributed by atoms with Crippen molar-refractivity contribution < 1.29 is 18.7 Å². The molecule has 27 heavy (non-hydrogen) atoms. The van der Waals surface area contributed by atoms with Crippen molar-refractivity contribution in [3.8, 4) is 11.5 Å². The van der Waals surface area contributed by atoms with Crippen LogP contribution in [0, 0.1) is 5.82 Å². The maximum absolute atomic E-state index is 13.1. The van der Waals surface area contributed by atoms with E-state index in [1.165, 1.54) is 12.1 Å². The van der Waals surface area contributed by atoms with Gasteiger partial charge in [0.1, 0.15) is 5.82 Å². The molecule has 0 N–H and O–H groups in total. The first-order valence-electron chi connectivity index (χ1n) is 9.21. The van der Waals surface area contributed by atoms with Crippen LogP contribution in [0.15, 0.2) is 48.5 Å². The van der Waals surface area contributed by atoms with Crippen LogP contribution in [0.4, 0.5) is 10.1 Å². The van der Waals surface area contributed by atoms with E-state index in [9.17, 15) is 9.18 Å². The molecule has 3 rings (SSSR count). The summed E-state index contributed by atoms with van der Waals surface area (Å²) in [6.07, 6.45) is 0.0355. The van der Waals surface area contributed by atoms with Crippen molar-refractivity contribution in [2.24, 2.45) is 0 Å². The molecule has 1 saturated heterocycles. The van der Waals surface area contributed by atoms with E-state index < -0.39 is 6.10 Å². The van der Waals surface area contributed by atoms with Crippen LogP contribution in [0.3, 0.4) is 0 Å². The Morgan fingerprint density at radius 1 is 1.04 bits per heavy atom. The molecule has 0 radical (unpaired) electrons. The Kier molecular flexibility index (Phi) is 6.16. The van der Waals surface area contributed by atoms with E-state index >= 15 is 0 Å². The lowest BCUT2D eigenvalue weighted by Crippen LogP contribution is -2.52. The largest absolute Gasteiger partial charge is 0.493 e. The average molecular weight is 372 g/mol. The van der Waals surface area contributed by atoms with Gasteiger partial charge in [-0.15, -0.1) is 0 Å². The quantitative estimate of drug-likeness (QED) is 0.780. The lowest BCUT2D eigenvalue weighted by Gasteiger charge is -2.37. The molecule has 5 nitrogen and oxygen atoms in total. The minimum atomic E-state index is -0.543. The summed E-state index contributed by atoms with van der Waals surface area (Å²) in [4.78, 5) is 16.9. The number of benzene rings is 2. The number of ether oxygens (including phenoxy) is 2. The first-order valence-corrected chi connectivity index (χ1v) is 9.21. The highest BCUT2D eigenvalue weighted by Gasteiger charge is 2.28. The van der Waals surface area contributed by atoms with Gasteiger partial charge in [0.05, 0.1) is 7.11 Å². The monoisotopic (exact) mass is 372 g/mol. The average Bonchev–Trinajstić information content (AvgIpc) is 2.72. The number of halogens is 1. The van der Waals surface area contributed by atoms with Crippen LogP contribution in [0.1, 0.15) is 13.3 Å². The maximum Gasteiger partial charge on any atom is 0.263 e. The van der Waals surface area contributed by atoms with Crippen LogP contribution in [0.5, 0.6) is 11.5 Å². The third kappa shape index (κ3) is 4.51. The van der Waals surface area contributed by atoms with Crippen LogP contribution >= 0.6 is 0 Å². The van der Waals surface area contributed by atoms with Crippen molar-refractivity contribution in [3.63, 3.8) is 0 Å². The lowest BCUT2D eigenvalue weighted by molar-refractivity contribution is -0.139. The van der Waals surface area contributed by atoms with Gasteiger partial charge in [0.15, 0.2) is 17.6 Å². The molecular formula is C21H25FN2O3. The third-order valence-electron chi connectivity index (χ3n) is 4.77. The Bertz CT molecular complexity index is 758. The van der Waals surface area contributed by atoms with E-state index in [0.717, 1.165) is 5.69 Å². The van der Waals surface area contributed by atoms with Crippen LogP contribution in [0.25, 0.3) is 0 Å². The predicted octanol–water partition coefficient (Wildman–Crippen LogP) is 3.34. The van der Waals surface area contributed by atoms with Crippen LogP contribution in [-0.4, -0.2) is 50.2 Å². The number of methoxy groups -OCH3 is 1. The van der Waals surface area contributed by atoms with Gasteiger partial charge < -0.3 is 19.3 Å². The van der Waals surface area contributed by atoms with E-state index in [0.29, 0.717) is 44.1 Å². The van der Waals surface area contributed by atoms with E-state index in [-0.39, 0.29) is 11.7 Å². The number of rotatable bonds is 6. The zero-order valence-corrected chi connectivity index (χ0v) is 15.7. The van der Waals surface area contributed by atoms with Crippen molar-refractivity contribution in [2.45, 2.75) is 19.4 Å². The van der Waals surface area contributed by atoms with E-state index in [4.69, 9.17) is 9.47 Å². The molecule has 0 aromatic heterocycles. The highest BCUT2D eigenvalue weighted by Crippen LogP contribution is 2.28. The number of amides is 1. The summed E-state index contributed by atoms with van der Waals surface area (Å²) < 4.78 is 24.3. The summed E-state index contributed by atoms with van der Waals surface area (Å²) in [6.45, 7) is 4.58. The van der Waals surface area contributed by atoms with E-state index in [2.05, 4.69) is 4.90 Å². The second-order valence-electron chi connectivity index (χ2n) is 6.45. The first-order chi connectivity index (χ1) is 13.1. The fourth-order valence-electron chi connectivity index (χ4n) is 3.22. The highest BCUT2D eigenvalue weighted by atomic mass is 19.1. The number of para-hydroxylation sites is 2. The van der Waals surface area contributed by atoms with Crippen LogP contribution in [0.2, 0.25) is 0 Å². The zero-order chi connectivity index (χ0) is 19.2. The van der Waals surface area contributed by atoms with Crippen molar-refractivity contribution in [3.05, 3.63) is 54.3 Å². The molecule has 2 aromatic carbocycles. The van der Waals surface area contributed by atoms with Crippen LogP contribution in [-0.2, 0) is 4.79 Å². The van der Waals surface area contributed by atoms with Gasteiger partial charge in [0.25, 0.3) is 5.91 Å². The summed E-state index contributed by atoms with van der Waals surface area (Å²) in [5.41, 5.74) is 0.973. The molecule has 6 heteroatoms. The SMILES string of the molecule is CCC(Oc1ccccc1OC)C(=O)N1CCN(c2ccc(F)cc2)CC1. The van der Waals surface area contributed by atoms with Gasteiger partial charge in [-0.25, -0.2) is 4.39 Å². The molecule has 0 bridgehead atoms. The van der Waals surface area contributed by atoms with Crippen LogP contribution < -0.4 is 14.4 Å². The number of piperazine rings is 1. The van der Waals surface area contributed by atoms with Gasteiger partial charge in [-0.3, -0.25) is 4.79 Å². The molecule has 144 valence electrons. The fraction of sp³-hybridized carbons (Fsp3) is 0.381. The molecule has 1 fully saturated rings. The summed E-state index contributed by atoms with van der Waals surface area (Å²) in [5, 5.41) is 0. The van der Waals surface area contributed by atoms with Gasteiger partial charge in [-0.05, 0) is 42.8 Å². The van der Waals surface area contributed by atoms with Gasteiger partial charge in [0, 0.05) is 31.9 Å². The van der Waals surface area contributed by atoms with Crippen molar-refractivity contribution >= 4 is 11.6 Å². The number of anilines is 1. The topological polar surface area (TPSA) is 42.0 Å². The van der Waals surface area contributed by atoms with Gasteiger partial charge in [0.2, 0.25) is 0 Å². The predicted molar refractivity (Wildman–Crippen MR) is 103 cm³/mol. The summed E-state index contributed by atoms with van der Waals surface area (Å²) in [7, 11) is 1.58. The standard InChI is InChI=1S/C21H25FN2O3/c1-3-18(27-20-7-5-4-6-19(20)26-2)21(25)24-14-12-23(13-15-24)17-10-8-16(22)9-11-17/h4-11,18H,3,12-15H2,1-2H3. The van der Waals surface area contributed by atoms with Crippen molar-refractivity contribution in [2.75, 3.05) is 38.2 Å². The van der Waals surface area contributed by atoms with Crippen molar-refractivity contribution in [1.82, 2.24) is 4.90 Å². The normalized spacial score (nSPS) is 15.4. The third-order valence-corrected chi connectivity index (χ3v) is 4.77. The lowest BCUT2D eigenvalue weighted by atomic mass is 10.2. The second kappa shape index (κ2) is 8.75. The molecule has 0 saturated carbocycles. The minimum absolute atomic E-state index is 0.0119. The van der Waals surface area contributed by atoms with Gasteiger partial charge >= 0.3 is 0 Å². The number of carbonyl (C=O) groups excluding carboxylic acids is 1. The molecule has 0 aliphatic carbocycles. The highest BCUT2D eigenvalue weighted by molar-refractivity contribution is 5.81. The Morgan fingerprint density at radius 2 is 1.67 bits per heavy atom. The smallest absolute Gasteiger partial charge is 0.263 e. The molecule has 1 atom stereocenters. The molecule has 1 aliphatic rings. The summed E-state index contributed by atoms with van der Waals surface area (Å²) in [6, 6.07) is 13.8. The summed E-state index contributed by atoms with van der Waals surface area (Å²) >= 11 is 0. The fourth-order valence-corrected chi connectivity index (χ4v) is 3.22. The second-order valence-corrected chi connectivity index (χ2v) is 6.45. The Balaban J connectivity index is 1.60. The molecular weight excluding hydrogens is 347 g/mol. The van der Waals surface area contributed by atoms with E-state index in [1.54, 1.807) is 25.3 Å². The molecule has 1 heterocycles. The molecule has 0 spiro atoms. The number of nitrogens with zero attached hydrogens (tertiary/aromatic N) is 2. The molecule has 2 aromatic rings. The molecule has 1 amide bonds.